The number of hydrogen-bond donors (Lipinski definition) is 2. The van der Waals surface area contributed by atoms with E-state index in [4.69, 9.17) is 0 Å². The molecule has 7 heteroatoms. The van der Waals surface area contributed by atoms with Crippen molar-refractivity contribution in [2.45, 2.75) is 46.1 Å². The van der Waals surface area contributed by atoms with E-state index in [0.29, 0.717) is 29.9 Å². The molecule has 1 heterocycles. The molecule has 2 unspecified atom stereocenters. The van der Waals surface area contributed by atoms with Gasteiger partial charge in [0, 0.05) is 12.6 Å². The number of nitrogens with zero attached hydrogens (tertiary/aromatic N) is 3. The summed E-state index contributed by atoms with van der Waals surface area (Å²) in [5, 5.41) is 17.4. The van der Waals surface area contributed by atoms with Gasteiger partial charge in [-0.3, -0.25) is 10.1 Å². The Morgan fingerprint density at radius 1 is 1.40 bits per heavy atom. The van der Waals surface area contributed by atoms with Crippen LogP contribution in [0, 0.1) is 23.0 Å². The van der Waals surface area contributed by atoms with Crippen LogP contribution in [0.4, 0.5) is 17.5 Å². The van der Waals surface area contributed by atoms with Crippen molar-refractivity contribution >= 4 is 17.5 Å². The molecule has 0 spiro atoms. The minimum Gasteiger partial charge on any atom is -0.361 e. The summed E-state index contributed by atoms with van der Waals surface area (Å²) in [7, 11) is 0. The molecule has 0 amide bonds. The fourth-order valence-electron chi connectivity index (χ4n) is 2.65. The summed E-state index contributed by atoms with van der Waals surface area (Å²) in [4.78, 5) is 19.2. The Hall–Kier alpha value is -1.92. The molecule has 1 aromatic heterocycles. The zero-order chi connectivity index (χ0) is 14.7. The van der Waals surface area contributed by atoms with Gasteiger partial charge in [0.1, 0.15) is 5.69 Å². The first-order valence-corrected chi connectivity index (χ1v) is 7.04. The van der Waals surface area contributed by atoms with E-state index < -0.39 is 4.92 Å². The fraction of sp³-hybridized carbons (Fsp3) is 0.692. The van der Waals surface area contributed by atoms with E-state index in [-0.39, 0.29) is 11.7 Å². The molecule has 0 saturated heterocycles. The maximum atomic E-state index is 11.2. The summed E-state index contributed by atoms with van der Waals surface area (Å²) in [6.07, 6.45) is 3.20. The molecule has 1 saturated carbocycles. The Bertz CT molecular complexity index is 506. The van der Waals surface area contributed by atoms with Crippen LogP contribution in [0.1, 0.15) is 38.8 Å². The third kappa shape index (κ3) is 3.15. The average molecular weight is 279 g/mol. The second-order valence-electron chi connectivity index (χ2n) is 5.38. The molecule has 0 radical (unpaired) electrons. The van der Waals surface area contributed by atoms with Gasteiger partial charge < -0.3 is 10.6 Å². The van der Waals surface area contributed by atoms with Crippen molar-refractivity contribution in [2.24, 2.45) is 5.92 Å². The number of anilines is 2. The summed E-state index contributed by atoms with van der Waals surface area (Å²) < 4.78 is 0. The number of rotatable bonds is 5. The number of nitrogens with one attached hydrogen (secondary N) is 2. The molecular weight excluding hydrogens is 258 g/mol. The molecule has 0 aromatic carbocycles. The van der Waals surface area contributed by atoms with Gasteiger partial charge in [0.25, 0.3) is 0 Å². The smallest absolute Gasteiger partial charge is 0.332 e. The van der Waals surface area contributed by atoms with Gasteiger partial charge in [0.15, 0.2) is 0 Å². The molecule has 1 aliphatic carbocycles. The van der Waals surface area contributed by atoms with Crippen LogP contribution >= 0.6 is 0 Å². The first-order valence-electron chi connectivity index (χ1n) is 7.04. The summed E-state index contributed by atoms with van der Waals surface area (Å²) in [5.41, 5.74) is 0.362. The summed E-state index contributed by atoms with van der Waals surface area (Å²) in [5.74, 6) is 1.42. The molecule has 1 aliphatic rings. The number of aromatic nitrogens is 2. The Balaban J connectivity index is 2.29. The minimum absolute atomic E-state index is 0.0220. The second-order valence-corrected chi connectivity index (χ2v) is 5.38. The monoisotopic (exact) mass is 279 g/mol. The van der Waals surface area contributed by atoms with Crippen molar-refractivity contribution in [1.82, 2.24) is 9.97 Å². The molecule has 0 bridgehead atoms. The highest BCUT2D eigenvalue weighted by Gasteiger charge is 2.27. The SMILES string of the molecule is CCNc1nc(C)c([N+](=O)[O-])c(NC2CCC(C)C2)n1. The lowest BCUT2D eigenvalue weighted by atomic mass is 10.1. The Kier molecular flexibility index (Phi) is 4.36. The highest BCUT2D eigenvalue weighted by Crippen LogP contribution is 2.32. The van der Waals surface area contributed by atoms with Gasteiger partial charge in [-0.15, -0.1) is 0 Å². The third-order valence-electron chi connectivity index (χ3n) is 3.61. The molecule has 1 fully saturated rings. The van der Waals surface area contributed by atoms with Crippen molar-refractivity contribution in [2.75, 3.05) is 17.2 Å². The highest BCUT2D eigenvalue weighted by molar-refractivity contribution is 5.61. The lowest BCUT2D eigenvalue weighted by Crippen LogP contribution is -2.19. The van der Waals surface area contributed by atoms with Gasteiger partial charge in [-0.1, -0.05) is 6.92 Å². The normalized spacial score (nSPS) is 21.8. The van der Waals surface area contributed by atoms with E-state index in [1.807, 2.05) is 6.92 Å². The van der Waals surface area contributed by atoms with Crippen LogP contribution in [0.2, 0.25) is 0 Å². The van der Waals surface area contributed by atoms with Crippen LogP contribution in [0.3, 0.4) is 0 Å². The fourth-order valence-corrected chi connectivity index (χ4v) is 2.65. The molecule has 2 N–H and O–H groups in total. The van der Waals surface area contributed by atoms with Crippen molar-refractivity contribution in [3.05, 3.63) is 15.8 Å². The van der Waals surface area contributed by atoms with E-state index in [9.17, 15) is 10.1 Å². The summed E-state index contributed by atoms with van der Waals surface area (Å²) in [6.45, 7) is 6.46. The first-order chi connectivity index (χ1) is 9.51. The maximum absolute atomic E-state index is 11.2. The van der Waals surface area contributed by atoms with Crippen LogP contribution in [-0.2, 0) is 0 Å². The van der Waals surface area contributed by atoms with Crippen LogP contribution in [0.15, 0.2) is 0 Å². The van der Waals surface area contributed by atoms with Gasteiger partial charge in [-0.05, 0) is 39.0 Å². The van der Waals surface area contributed by atoms with Crippen LogP contribution in [0.25, 0.3) is 0 Å². The molecule has 2 rings (SSSR count). The molecule has 1 aromatic rings. The van der Waals surface area contributed by atoms with Crippen molar-refractivity contribution < 1.29 is 4.92 Å². The van der Waals surface area contributed by atoms with Gasteiger partial charge in [-0.2, -0.15) is 4.98 Å². The molecule has 2 atom stereocenters. The Labute approximate surface area is 118 Å². The third-order valence-corrected chi connectivity index (χ3v) is 3.61. The van der Waals surface area contributed by atoms with Gasteiger partial charge in [0.05, 0.1) is 4.92 Å². The zero-order valence-corrected chi connectivity index (χ0v) is 12.1. The van der Waals surface area contributed by atoms with Crippen LogP contribution < -0.4 is 10.6 Å². The van der Waals surface area contributed by atoms with E-state index in [1.54, 1.807) is 6.92 Å². The minimum atomic E-state index is -0.411. The zero-order valence-electron chi connectivity index (χ0n) is 12.1. The molecular formula is C13H21N5O2. The second kappa shape index (κ2) is 6.02. The van der Waals surface area contributed by atoms with Gasteiger partial charge in [-0.25, -0.2) is 4.98 Å². The number of aryl methyl sites for hydroxylation is 1. The van der Waals surface area contributed by atoms with Crippen molar-refractivity contribution in [1.29, 1.82) is 0 Å². The predicted octanol–water partition coefficient (Wildman–Crippen LogP) is 2.73. The largest absolute Gasteiger partial charge is 0.361 e. The van der Waals surface area contributed by atoms with Gasteiger partial charge in [0.2, 0.25) is 11.8 Å². The van der Waals surface area contributed by atoms with Crippen molar-refractivity contribution in [3.8, 4) is 0 Å². The lowest BCUT2D eigenvalue weighted by molar-refractivity contribution is -0.385. The first kappa shape index (κ1) is 14.5. The summed E-state index contributed by atoms with van der Waals surface area (Å²) >= 11 is 0. The number of hydrogen-bond acceptors (Lipinski definition) is 6. The Morgan fingerprint density at radius 3 is 2.70 bits per heavy atom. The standard InChI is InChI=1S/C13H21N5O2/c1-4-14-13-15-9(3)11(18(19)20)12(17-13)16-10-6-5-8(2)7-10/h8,10H,4-7H2,1-3H3,(H2,14,15,16,17). The summed E-state index contributed by atoms with van der Waals surface area (Å²) in [6, 6.07) is 0.257. The maximum Gasteiger partial charge on any atom is 0.332 e. The van der Waals surface area contributed by atoms with Crippen LogP contribution in [0.5, 0.6) is 0 Å². The molecule has 20 heavy (non-hydrogen) atoms. The Morgan fingerprint density at radius 2 is 2.15 bits per heavy atom. The quantitative estimate of drug-likeness (QED) is 0.636. The molecule has 7 nitrogen and oxygen atoms in total. The van der Waals surface area contributed by atoms with Crippen molar-refractivity contribution in [3.63, 3.8) is 0 Å². The van der Waals surface area contributed by atoms with E-state index in [2.05, 4.69) is 27.5 Å². The van der Waals surface area contributed by atoms with Gasteiger partial charge >= 0.3 is 5.69 Å². The highest BCUT2D eigenvalue weighted by atomic mass is 16.6. The van der Waals surface area contributed by atoms with E-state index in [1.165, 1.54) is 0 Å². The average Bonchev–Trinajstić information content (AvgIpc) is 2.74. The van der Waals surface area contributed by atoms with Crippen LogP contribution in [-0.4, -0.2) is 27.5 Å². The topological polar surface area (TPSA) is 93.0 Å². The van der Waals surface area contributed by atoms with E-state index in [0.717, 1.165) is 19.3 Å². The predicted molar refractivity (Wildman–Crippen MR) is 78.0 cm³/mol. The number of nitro groups is 1. The lowest BCUT2D eigenvalue weighted by Gasteiger charge is -2.15. The van der Waals surface area contributed by atoms with E-state index >= 15 is 0 Å². The molecule has 0 aliphatic heterocycles. The molecule has 110 valence electrons.